The molecule has 1 aromatic rings. The summed E-state index contributed by atoms with van der Waals surface area (Å²) in [4.78, 5) is 14.9. The van der Waals surface area contributed by atoms with Crippen LogP contribution in [0.2, 0.25) is 5.02 Å². The van der Waals surface area contributed by atoms with E-state index in [0.717, 1.165) is 23.9 Å². The second-order valence-corrected chi connectivity index (χ2v) is 7.20. The van der Waals surface area contributed by atoms with E-state index >= 15 is 0 Å². The lowest BCUT2D eigenvalue weighted by molar-refractivity contribution is 0.0654. The van der Waals surface area contributed by atoms with Gasteiger partial charge in [0.15, 0.2) is 0 Å². The van der Waals surface area contributed by atoms with Crippen LogP contribution in [0.5, 0.6) is 0 Å². The van der Waals surface area contributed by atoms with Crippen molar-refractivity contribution in [2.45, 2.75) is 45.6 Å². The van der Waals surface area contributed by atoms with E-state index in [-0.39, 0.29) is 5.91 Å². The maximum Gasteiger partial charge on any atom is 0.255 e. The van der Waals surface area contributed by atoms with Crippen molar-refractivity contribution in [1.82, 2.24) is 4.90 Å². The minimum Gasteiger partial charge on any atom is -0.335 e. The van der Waals surface area contributed by atoms with Crippen LogP contribution in [-0.2, 0) is 0 Å². The van der Waals surface area contributed by atoms with Gasteiger partial charge in [-0.1, -0.05) is 38.3 Å². The first kappa shape index (κ1) is 15.8. The molecule has 1 fully saturated rings. The van der Waals surface area contributed by atoms with Crippen LogP contribution in [0.15, 0.2) is 22.7 Å². The van der Waals surface area contributed by atoms with Crippen LogP contribution in [0.4, 0.5) is 0 Å². The predicted molar refractivity (Wildman–Crippen MR) is 87.3 cm³/mol. The second-order valence-electron chi connectivity index (χ2n) is 5.91. The minimum atomic E-state index is 0.0972. The highest BCUT2D eigenvalue weighted by Crippen LogP contribution is 2.28. The standard InChI is InChI=1S/C16H21BrClNO/c1-11(2)10-19(13-5-3-4-6-13)16(20)14-9-12(18)7-8-15(14)17/h7-9,11,13H,3-6,10H2,1-2H3. The first-order valence-corrected chi connectivity index (χ1v) is 8.42. The van der Waals surface area contributed by atoms with Gasteiger partial charge in [0.1, 0.15) is 0 Å². The number of carbonyl (C=O) groups is 1. The third-order valence-electron chi connectivity index (χ3n) is 3.75. The van der Waals surface area contributed by atoms with Crippen molar-refractivity contribution in [3.05, 3.63) is 33.3 Å². The molecule has 4 heteroatoms. The van der Waals surface area contributed by atoms with Crippen LogP contribution < -0.4 is 0 Å². The number of carbonyl (C=O) groups excluding carboxylic acids is 1. The molecule has 2 rings (SSSR count). The molecule has 0 spiro atoms. The Morgan fingerprint density at radius 2 is 2.05 bits per heavy atom. The number of hydrogen-bond donors (Lipinski definition) is 0. The summed E-state index contributed by atoms with van der Waals surface area (Å²) in [5.74, 6) is 0.567. The van der Waals surface area contributed by atoms with E-state index in [1.54, 1.807) is 12.1 Å². The molecule has 1 aliphatic rings. The van der Waals surface area contributed by atoms with Gasteiger partial charge in [0, 0.05) is 22.1 Å². The fourth-order valence-corrected chi connectivity index (χ4v) is 3.41. The van der Waals surface area contributed by atoms with Crippen LogP contribution in [0.3, 0.4) is 0 Å². The van der Waals surface area contributed by atoms with Gasteiger partial charge < -0.3 is 4.90 Å². The zero-order chi connectivity index (χ0) is 14.7. The van der Waals surface area contributed by atoms with E-state index in [0.29, 0.717) is 22.5 Å². The average molecular weight is 359 g/mol. The van der Waals surface area contributed by atoms with Crippen LogP contribution >= 0.6 is 27.5 Å². The highest BCUT2D eigenvalue weighted by molar-refractivity contribution is 9.10. The van der Waals surface area contributed by atoms with E-state index in [1.807, 2.05) is 11.0 Å². The third-order valence-corrected chi connectivity index (χ3v) is 4.67. The zero-order valence-corrected chi connectivity index (χ0v) is 14.4. The first-order chi connectivity index (χ1) is 9.49. The molecule has 20 heavy (non-hydrogen) atoms. The Kier molecular flexibility index (Phi) is 5.50. The number of rotatable bonds is 4. The van der Waals surface area contributed by atoms with Crippen molar-refractivity contribution in [1.29, 1.82) is 0 Å². The molecule has 0 aliphatic heterocycles. The highest BCUT2D eigenvalue weighted by atomic mass is 79.9. The maximum absolute atomic E-state index is 12.9. The van der Waals surface area contributed by atoms with Crippen molar-refractivity contribution in [2.24, 2.45) is 5.92 Å². The summed E-state index contributed by atoms with van der Waals surface area (Å²) in [6, 6.07) is 5.79. The van der Waals surface area contributed by atoms with Crippen molar-refractivity contribution in [3.63, 3.8) is 0 Å². The fraction of sp³-hybridized carbons (Fsp3) is 0.562. The molecular formula is C16H21BrClNO. The summed E-state index contributed by atoms with van der Waals surface area (Å²) < 4.78 is 0.818. The second kappa shape index (κ2) is 6.95. The number of halogens is 2. The molecule has 0 bridgehead atoms. The summed E-state index contributed by atoms with van der Waals surface area (Å²) in [7, 11) is 0. The SMILES string of the molecule is CC(C)CN(C(=O)c1cc(Cl)ccc1Br)C1CCCC1. The first-order valence-electron chi connectivity index (χ1n) is 7.25. The number of benzene rings is 1. The van der Waals surface area contributed by atoms with Crippen molar-refractivity contribution < 1.29 is 4.79 Å². The van der Waals surface area contributed by atoms with Crippen molar-refractivity contribution in [3.8, 4) is 0 Å². The molecule has 0 aromatic heterocycles. The van der Waals surface area contributed by atoms with E-state index < -0.39 is 0 Å². The summed E-state index contributed by atoms with van der Waals surface area (Å²) in [5, 5.41) is 0.604. The quantitative estimate of drug-likeness (QED) is 0.729. The molecule has 0 radical (unpaired) electrons. The third kappa shape index (κ3) is 3.76. The van der Waals surface area contributed by atoms with Crippen molar-refractivity contribution >= 4 is 33.4 Å². The van der Waals surface area contributed by atoms with Gasteiger partial charge in [-0.05, 0) is 52.9 Å². The van der Waals surface area contributed by atoms with Gasteiger partial charge in [-0.15, -0.1) is 0 Å². The molecular weight excluding hydrogens is 338 g/mol. The summed E-state index contributed by atoms with van der Waals surface area (Å²) >= 11 is 9.51. The zero-order valence-electron chi connectivity index (χ0n) is 12.0. The Hall–Kier alpha value is -0.540. The Morgan fingerprint density at radius 1 is 1.40 bits per heavy atom. The van der Waals surface area contributed by atoms with Gasteiger partial charge in [-0.2, -0.15) is 0 Å². The molecule has 1 saturated carbocycles. The normalized spacial score (nSPS) is 15.8. The Bertz CT molecular complexity index is 483. The molecule has 1 aromatic carbocycles. The van der Waals surface area contributed by atoms with E-state index in [4.69, 9.17) is 11.6 Å². The van der Waals surface area contributed by atoms with Gasteiger partial charge in [-0.25, -0.2) is 0 Å². The number of hydrogen-bond acceptors (Lipinski definition) is 1. The topological polar surface area (TPSA) is 20.3 Å². The Morgan fingerprint density at radius 3 is 2.65 bits per heavy atom. The number of nitrogens with zero attached hydrogens (tertiary/aromatic N) is 1. The Labute approximate surface area is 134 Å². The predicted octanol–water partition coefficient (Wildman–Crippen LogP) is 5.14. The molecule has 110 valence electrons. The van der Waals surface area contributed by atoms with Gasteiger partial charge >= 0.3 is 0 Å². The minimum absolute atomic E-state index is 0.0972. The lowest BCUT2D eigenvalue weighted by Crippen LogP contribution is -2.41. The van der Waals surface area contributed by atoms with Crippen LogP contribution in [0.1, 0.15) is 49.9 Å². The molecule has 1 amide bonds. The molecule has 1 aliphatic carbocycles. The van der Waals surface area contributed by atoms with Crippen molar-refractivity contribution in [2.75, 3.05) is 6.54 Å². The average Bonchev–Trinajstić information content (AvgIpc) is 2.91. The molecule has 0 N–H and O–H groups in total. The van der Waals surface area contributed by atoms with Gasteiger partial charge in [0.25, 0.3) is 5.91 Å². The molecule has 2 nitrogen and oxygen atoms in total. The lowest BCUT2D eigenvalue weighted by atomic mass is 10.1. The largest absolute Gasteiger partial charge is 0.335 e. The van der Waals surface area contributed by atoms with Gasteiger partial charge in [-0.3, -0.25) is 4.79 Å². The fourth-order valence-electron chi connectivity index (χ4n) is 2.82. The molecule has 0 saturated heterocycles. The van der Waals surface area contributed by atoms with Gasteiger partial charge in [0.2, 0.25) is 0 Å². The van der Waals surface area contributed by atoms with Crippen LogP contribution in [-0.4, -0.2) is 23.4 Å². The van der Waals surface area contributed by atoms with Gasteiger partial charge in [0.05, 0.1) is 5.56 Å². The van der Waals surface area contributed by atoms with E-state index in [1.165, 1.54) is 12.8 Å². The van der Waals surface area contributed by atoms with Crippen LogP contribution in [0, 0.1) is 5.92 Å². The molecule has 0 unspecified atom stereocenters. The van der Waals surface area contributed by atoms with E-state index in [2.05, 4.69) is 29.8 Å². The summed E-state index contributed by atoms with van der Waals surface area (Å²) in [5.41, 5.74) is 0.671. The summed E-state index contributed by atoms with van der Waals surface area (Å²) in [6.45, 7) is 5.12. The lowest BCUT2D eigenvalue weighted by Gasteiger charge is -2.31. The smallest absolute Gasteiger partial charge is 0.255 e. The maximum atomic E-state index is 12.9. The molecule has 0 atom stereocenters. The highest BCUT2D eigenvalue weighted by Gasteiger charge is 2.28. The Balaban J connectivity index is 2.27. The molecule has 0 heterocycles. The monoisotopic (exact) mass is 357 g/mol. The summed E-state index contributed by atoms with van der Waals surface area (Å²) in [6.07, 6.45) is 4.69. The van der Waals surface area contributed by atoms with E-state index in [9.17, 15) is 4.79 Å². The van der Waals surface area contributed by atoms with Crippen LogP contribution in [0.25, 0.3) is 0 Å². The number of amides is 1.